The summed E-state index contributed by atoms with van der Waals surface area (Å²) in [4.78, 5) is 29.7. The van der Waals surface area contributed by atoms with E-state index in [-0.39, 0.29) is 11.3 Å². The van der Waals surface area contributed by atoms with Gasteiger partial charge in [-0.15, -0.1) is 0 Å². The number of methoxy groups -OCH3 is 1. The number of amides is 1. The highest BCUT2D eigenvalue weighted by Crippen LogP contribution is 2.42. The lowest BCUT2D eigenvalue weighted by Gasteiger charge is -2.26. The third-order valence-electron chi connectivity index (χ3n) is 5.63. The number of aliphatic hydroxyl groups excluding tert-OH is 1. The van der Waals surface area contributed by atoms with E-state index in [0.717, 1.165) is 13.0 Å². The number of likely N-dealkylation sites (tertiary alicyclic amines) is 1. The number of rotatable bonds is 10. The molecule has 0 radical (unpaired) electrons. The molecule has 0 unspecified atom stereocenters. The van der Waals surface area contributed by atoms with Crippen LogP contribution >= 0.6 is 11.6 Å². The van der Waals surface area contributed by atoms with Crippen molar-refractivity contribution in [2.75, 3.05) is 40.9 Å². The van der Waals surface area contributed by atoms with E-state index in [2.05, 4.69) is 0 Å². The summed E-state index contributed by atoms with van der Waals surface area (Å²) in [5.41, 5.74) is 1.11. The number of carbonyl (C=O) groups excluding carboxylic acids is 2. The summed E-state index contributed by atoms with van der Waals surface area (Å²) < 4.78 is 11.3. The summed E-state index contributed by atoms with van der Waals surface area (Å²) in [7, 11) is 5.44. The van der Waals surface area contributed by atoms with Crippen LogP contribution in [0, 0.1) is 0 Å². The molecule has 7 nitrogen and oxygen atoms in total. The van der Waals surface area contributed by atoms with Gasteiger partial charge in [0.25, 0.3) is 11.7 Å². The molecule has 1 atom stereocenters. The number of hydrogen-bond acceptors (Lipinski definition) is 6. The zero-order valence-corrected chi connectivity index (χ0v) is 20.8. The smallest absolute Gasteiger partial charge is 0.295 e. The average Bonchev–Trinajstić information content (AvgIpc) is 3.07. The van der Waals surface area contributed by atoms with Gasteiger partial charge in [0, 0.05) is 17.1 Å². The van der Waals surface area contributed by atoms with E-state index in [1.165, 1.54) is 4.90 Å². The first-order valence-corrected chi connectivity index (χ1v) is 11.7. The Morgan fingerprint density at radius 3 is 2.44 bits per heavy atom. The quantitative estimate of drug-likeness (QED) is 0.302. The van der Waals surface area contributed by atoms with Crippen LogP contribution in [0.15, 0.2) is 48.0 Å². The molecule has 2 aromatic rings. The molecule has 0 saturated carbocycles. The molecule has 8 heteroatoms. The molecular weight excluding hydrogens is 456 g/mol. The average molecular weight is 487 g/mol. The molecule has 3 rings (SSSR count). The first-order valence-electron chi connectivity index (χ1n) is 11.3. The van der Waals surface area contributed by atoms with Crippen molar-refractivity contribution in [3.05, 3.63) is 64.2 Å². The summed E-state index contributed by atoms with van der Waals surface area (Å²) >= 11 is 5.99. The summed E-state index contributed by atoms with van der Waals surface area (Å²) in [6.45, 7) is 3.66. The predicted octanol–water partition coefficient (Wildman–Crippen LogP) is 4.51. The Kier molecular flexibility index (Phi) is 8.58. The Morgan fingerprint density at radius 1 is 1.12 bits per heavy atom. The van der Waals surface area contributed by atoms with Crippen LogP contribution in [0.25, 0.3) is 5.76 Å². The van der Waals surface area contributed by atoms with Crippen LogP contribution in [0.2, 0.25) is 5.02 Å². The van der Waals surface area contributed by atoms with Gasteiger partial charge in [-0.1, -0.05) is 24.6 Å². The van der Waals surface area contributed by atoms with Gasteiger partial charge in [0.05, 0.1) is 25.3 Å². The molecule has 1 fully saturated rings. The van der Waals surface area contributed by atoms with Crippen molar-refractivity contribution < 1.29 is 24.2 Å². The number of benzene rings is 2. The number of ketones is 1. The van der Waals surface area contributed by atoms with Crippen LogP contribution in [-0.4, -0.2) is 67.5 Å². The van der Waals surface area contributed by atoms with Gasteiger partial charge in [-0.3, -0.25) is 9.59 Å². The van der Waals surface area contributed by atoms with Crippen LogP contribution in [0.1, 0.15) is 36.9 Å². The number of carbonyl (C=O) groups is 2. The molecular formula is C26H31ClN2O5. The Hall–Kier alpha value is -3.03. The summed E-state index contributed by atoms with van der Waals surface area (Å²) in [5, 5.41) is 11.6. The molecule has 0 spiro atoms. The first-order chi connectivity index (χ1) is 16.3. The number of Topliss-reactive ketones (excluding diaryl/α,β-unsaturated/α-hetero) is 1. The van der Waals surface area contributed by atoms with E-state index < -0.39 is 17.7 Å². The molecule has 1 heterocycles. The lowest BCUT2D eigenvalue weighted by Crippen LogP contribution is -2.32. The van der Waals surface area contributed by atoms with E-state index in [9.17, 15) is 14.7 Å². The molecule has 34 heavy (non-hydrogen) atoms. The monoisotopic (exact) mass is 486 g/mol. The fourth-order valence-corrected chi connectivity index (χ4v) is 4.09. The van der Waals surface area contributed by atoms with Gasteiger partial charge in [-0.25, -0.2) is 0 Å². The fourth-order valence-electron chi connectivity index (χ4n) is 3.96. The number of ether oxygens (including phenoxy) is 2. The minimum atomic E-state index is -0.757. The van der Waals surface area contributed by atoms with Crippen molar-refractivity contribution in [1.29, 1.82) is 0 Å². The summed E-state index contributed by atoms with van der Waals surface area (Å²) in [5.74, 6) is -0.510. The molecule has 0 bridgehead atoms. The highest BCUT2D eigenvalue weighted by atomic mass is 35.5. The van der Waals surface area contributed by atoms with E-state index in [0.29, 0.717) is 47.2 Å². The molecule has 1 aliphatic rings. The second-order valence-electron chi connectivity index (χ2n) is 8.41. The van der Waals surface area contributed by atoms with Crippen LogP contribution in [0.5, 0.6) is 11.5 Å². The van der Waals surface area contributed by atoms with Crippen LogP contribution < -0.4 is 9.47 Å². The van der Waals surface area contributed by atoms with Gasteiger partial charge in [0.2, 0.25) is 0 Å². The largest absolute Gasteiger partial charge is 0.507 e. The van der Waals surface area contributed by atoms with Gasteiger partial charge in [-0.05, 0) is 75.4 Å². The molecule has 1 saturated heterocycles. The van der Waals surface area contributed by atoms with E-state index >= 15 is 0 Å². The van der Waals surface area contributed by atoms with Crippen molar-refractivity contribution in [3.8, 4) is 11.5 Å². The highest BCUT2D eigenvalue weighted by Gasteiger charge is 2.46. The van der Waals surface area contributed by atoms with Crippen molar-refractivity contribution in [2.45, 2.75) is 25.8 Å². The summed E-state index contributed by atoms with van der Waals surface area (Å²) in [6, 6.07) is 11.1. The minimum absolute atomic E-state index is 0.0430. The molecule has 2 aromatic carbocycles. The van der Waals surface area contributed by atoms with Crippen molar-refractivity contribution in [3.63, 3.8) is 0 Å². The molecule has 0 aliphatic carbocycles. The molecule has 1 amide bonds. The first kappa shape index (κ1) is 25.6. The number of aliphatic hydroxyl groups is 1. The Morgan fingerprint density at radius 2 is 1.82 bits per heavy atom. The standard InChI is InChI=1S/C26H31ClN2O5/c1-5-15-34-20-12-9-18(16-21(20)33-4)23-22(24(30)17-7-10-19(27)11-8-17)25(31)26(32)29(23)14-6-13-28(2)3/h7-12,16,23,30H,5-6,13-15H2,1-4H3/b24-22+/t23-/m0/s1. The number of halogens is 1. The van der Waals surface area contributed by atoms with Crippen LogP contribution in [-0.2, 0) is 9.59 Å². The zero-order valence-electron chi connectivity index (χ0n) is 20.0. The lowest BCUT2D eigenvalue weighted by molar-refractivity contribution is -0.139. The third-order valence-corrected chi connectivity index (χ3v) is 5.88. The van der Waals surface area contributed by atoms with Gasteiger partial charge < -0.3 is 24.4 Å². The van der Waals surface area contributed by atoms with E-state index in [4.69, 9.17) is 21.1 Å². The van der Waals surface area contributed by atoms with Crippen molar-refractivity contribution in [1.82, 2.24) is 9.80 Å². The number of nitrogens with zero attached hydrogens (tertiary/aromatic N) is 2. The van der Waals surface area contributed by atoms with Gasteiger partial charge in [0.1, 0.15) is 5.76 Å². The number of hydrogen-bond donors (Lipinski definition) is 1. The van der Waals surface area contributed by atoms with Gasteiger partial charge >= 0.3 is 0 Å². The zero-order chi connectivity index (χ0) is 24.8. The van der Waals surface area contributed by atoms with Crippen molar-refractivity contribution >= 4 is 29.1 Å². The maximum absolute atomic E-state index is 13.1. The normalized spacial score (nSPS) is 17.5. The highest BCUT2D eigenvalue weighted by molar-refractivity contribution is 6.46. The second-order valence-corrected chi connectivity index (χ2v) is 8.85. The molecule has 1 N–H and O–H groups in total. The maximum atomic E-state index is 13.1. The second kappa shape index (κ2) is 11.4. The maximum Gasteiger partial charge on any atom is 0.295 e. The molecule has 1 aliphatic heterocycles. The fraction of sp³-hybridized carbons (Fsp3) is 0.385. The van der Waals surface area contributed by atoms with Crippen LogP contribution in [0.3, 0.4) is 0 Å². The Labute approximate surface area is 205 Å². The van der Waals surface area contributed by atoms with Gasteiger partial charge in [0.15, 0.2) is 11.5 Å². The summed E-state index contributed by atoms with van der Waals surface area (Å²) in [6.07, 6.45) is 1.52. The van der Waals surface area contributed by atoms with E-state index in [1.807, 2.05) is 25.9 Å². The third kappa shape index (κ3) is 5.54. The minimum Gasteiger partial charge on any atom is -0.507 e. The lowest BCUT2D eigenvalue weighted by atomic mass is 9.95. The van der Waals surface area contributed by atoms with E-state index in [1.54, 1.807) is 49.6 Å². The molecule has 0 aromatic heterocycles. The predicted molar refractivity (Wildman–Crippen MR) is 132 cm³/mol. The topological polar surface area (TPSA) is 79.3 Å². The van der Waals surface area contributed by atoms with Gasteiger partial charge in [-0.2, -0.15) is 0 Å². The Bertz CT molecular complexity index is 1070. The van der Waals surface area contributed by atoms with Crippen molar-refractivity contribution in [2.24, 2.45) is 0 Å². The molecule has 182 valence electrons. The SMILES string of the molecule is CCCOc1ccc([C@H]2/C(=C(\O)c3ccc(Cl)cc3)C(=O)C(=O)N2CCCN(C)C)cc1OC. The van der Waals surface area contributed by atoms with Crippen LogP contribution in [0.4, 0.5) is 0 Å². The Balaban J connectivity index is 2.10.